The maximum atomic E-state index is 6.36. The number of fused-ring (bicyclic) bond motifs is 4. The van der Waals surface area contributed by atoms with Gasteiger partial charge in [-0.1, -0.05) is 121 Å². The number of hydrogen-bond donors (Lipinski definition) is 0. The van der Waals surface area contributed by atoms with Crippen LogP contribution in [-0.2, 0) is 0 Å². The van der Waals surface area contributed by atoms with E-state index in [2.05, 4.69) is 97.1 Å². The molecule has 0 bridgehead atoms. The van der Waals surface area contributed by atoms with Crippen molar-refractivity contribution in [2.45, 2.75) is 0 Å². The largest absolute Gasteiger partial charge is 0.455 e. The highest BCUT2D eigenvalue weighted by molar-refractivity contribution is 6.09. The van der Waals surface area contributed by atoms with Gasteiger partial charge < -0.3 is 4.42 Å². The van der Waals surface area contributed by atoms with Gasteiger partial charge in [0, 0.05) is 27.5 Å². The van der Waals surface area contributed by atoms with Crippen LogP contribution in [0.15, 0.2) is 150 Å². The van der Waals surface area contributed by atoms with E-state index in [0.717, 1.165) is 50.0 Å². The predicted molar refractivity (Wildman–Crippen MR) is 169 cm³/mol. The molecule has 0 aliphatic rings. The van der Waals surface area contributed by atoms with E-state index in [1.165, 1.54) is 21.9 Å². The summed E-state index contributed by atoms with van der Waals surface area (Å²) in [6.07, 6.45) is 0. The Kier molecular flexibility index (Phi) is 5.46. The van der Waals surface area contributed by atoms with Crippen LogP contribution >= 0.6 is 0 Å². The van der Waals surface area contributed by atoms with Crippen molar-refractivity contribution in [2.75, 3.05) is 0 Å². The number of benzene rings is 6. The predicted octanol–water partition coefficient (Wildman–Crippen LogP) is 10.2. The van der Waals surface area contributed by atoms with Gasteiger partial charge in [-0.2, -0.15) is 0 Å². The first-order valence-corrected chi connectivity index (χ1v) is 13.7. The SMILES string of the molecule is c1ccc(-c2nc(-c3ccc(-c4ccc5ccccc5c4)cc3)cc(-c3cccc4c3oc3ccccc34)n2)cc1. The third-order valence-electron chi connectivity index (χ3n) is 7.70. The normalized spacial score (nSPS) is 11.4. The molecule has 0 spiro atoms. The lowest BCUT2D eigenvalue weighted by atomic mass is 9.99. The number of nitrogens with zero attached hydrogens (tertiary/aromatic N) is 2. The zero-order valence-corrected chi connectivity index (χ0v) is 22.2. The highest BCUT2D eigenvalue weighted by Crippen LogP contribution is 2.37. The lowest BCUT2D eigenvalue weighted by Crippen LogP contribution is -1.96. The number of furan rings is 1. The van der Waals surface area contributed by atoms with E-state index in [0.29, 0.717) is 5.82 Å². The second-order valence-electron chi connectivity index (χ2n) is 10.2. The van der Waals surface area contributed by atoms with Gasteiger partial charge in [0.15, 0.2) is 5.82 Å². The average Bonchev–Trinajstić information content (AvgIpc) is 3.44. The first kappa shape index (κ1) is 23.4. The van der Waals surface area contributed by atoms with E-state index in [9.17, 15) is 0 Å². The maximum absolute atomic E-state index is 6.36. The molecular weight excluding hydrogens is 500 g/mol. The summed E-state index contributed by atoms with van der Waals surface area (Å²) in [5.41, 5.74) is 8.73. The quantitative estimate of drug-likeness (QED) is 0.230. The van der Waals surface area contributed by atoms with Crippen molar-refractivity contribution in [3.63, 3.8) is 0 Å². The summed E-state index contributed by atoms with van der Waals surface area (Å²) in [5, 5.41) is 4.67. The van der Waals surface area contributed by atoms with Gasteiger partial charge >= 0.3 is 0 Å². The molecule has 0 aliphatic carbocycles. The highest BCUT2D eigenvalue weighted by Gasteiger charge is 2.16. The van der Waals surface area contributed by atoms with E-state index in [1.807, 2.05) is 48.5 Å². The fraction of sp³-hybridized carbons (Fsp3) is 0. The molecule has 0 atom stereocenters. The van der Waals surface area contributed by atoms with Crippen LogP contribution in [0.4, 0.5) is 0 Å². The Balaban J connectivity index is 1.27. The Morgan fingerprint density at radius 3 is 1.98 bits per heavy atom. The Labute approximate surface area is 237 Å². The molecule has 0 N–H and O–H groups in total. The maximum Gasteiger partial charge on any atom is 0.160 e. The Morgan fingerprint density at radius 2 is 1.10 bits per heavy atom. The molecule has 0 saturated carbocycles. The minimum atomic E-state index is 0.685. The first-order valence-electron chi connectivity index (χ1n) is 13.7. The van der Waals surface area contributed by atoms with Crippen molar-refractivity contribution in [1.82, 2.24) is 9.97 Å². The van der Waals surface area contributed by atoms with Gasteiger partial charge in [-0.15, -0.1) is 0 Å². The minimum Gasteiger partial charge on any atom is -0.455 e. The van der Waals surface area contributed by atoms with Crippen molar-refractivity contribution < 1.29 is 4.42 Å². The van der Waals surface area contributed by atoms with Gasteiger partial charge in [-0.05, 0) is 46.2 Å². The third kappa shape index (κ3) is 4.16. The minimum absolute atomic E-state index is 0.685. The van der Waals surface area contributed by atoms with Crippen molar-refractivity contribution >= 4 is 32.7 Å². The molecule has 0 amide bonds. The standard InChI is InChI=1S/C38H24N2O/c1-2-10-28(11-3-1)38-39-34(27-20-17-26(18-21-27)30-22-19-25-9-4-5-12-29(25)23-30)24-35(40-38)33-15-8-14-32-31-13-6-7-16-36(31)41-37(32)33/h1-24H. The fourth-order valence-electron chi connectivity index (χ4n) is 5.60. The van der Waals surface area contributed by atoms with E-state index in [-0.39, 0.29) is 0 Å². The monoisotopic (exact) mass is 524 g/mol. The first-order chi connectivity index (χ1) is 20.3. The average molecular weight is 525 g/mol. The zero-order chi connectivity index (χ0) is 27.2. The number of hydrogen-bond acceptors (Lipinski definition) is 3. The summed E-state index contributed by atoms with van der Waals surface area (Å²) in [4.78, 5) is 10.1. The van der Waals surface area contributed by atoms with E-state index >= 15 is 0 Å². The van der Waals surface area contributed by atoms with Gasteiger partial charge in [-0.3, -0.25) is 0 Å². The van der Waals surface area contributed by atoms with Crippen molar-refractivity contribution in [1.29, 1.82) is 0 Å². The molecule has 0 radical (unpaired) electrons. The molecule has 3 heteroatoms. The summed E-state index contributed by atoms with van der Waals surface area (Å²) in [6.45, 7) is 0. The molecule has 8 rings (SSSR count). The molecule has 3 nitrogen and oxygen atoms in total. The summed E-state index contributed by atoms with van der Waals surface area (Å²) in [7, 11) is 0. The summed E-state index contributed by atoms with van der Waals surface area (Å²) < 4.78 is 6.36. The number of rotatable bonds is 4. The lowest BCUT2D eigenvalue weighted by Gasteiger charge is -2.10. The Bertz CT molecular complexity index is 2200. The van der Waals surface area contributed by atoms with Gasteiger partial charge in [0.1, 0.15) is 11.2 Å². The van der Waals surface area contributed by atoms with Crippen molar-refractivity contribution in [2.24, 2.45) is 0 Å². The second kappa shape index (κ2) is 9.58. The van der Waals surface area contributed by atoms with Crippen LogP contribution in [0, 0.1) is 0 Å². The molecule has 0 aliphatic heterocycles. The van der Waals surface area contributed by atoms with Crippen molar-refractivity contribution in [3.8, 4) is 45.0 Å². The topological polar surface area (TPSA) is 38.9 Å². The van der Waals surface area contributed by atoms with Gasteiger partial charge in [0.25, 0.3) is 0 Å². The van der Waals surface area contributed by atoms with Crippen LogP contribution in [0.1, 0.15) is 0 Å². The van der Waals surface area contributed by atoms with Crippen LogP contribution in [0.5, 0.6) is 0 Å². The van der Waals surface area contributed by atoms with Crippen molar-refractivity contribution in [3.05, 3.63) is 146 Å². The van der Waals surface area contributed by atoms with Crippen LogP contribution in [0.2, 0.25) is 0 Å². The van der Waals surface area contributed by atoms with E-state index in [4.69, 9.17) is 14.4 Å². The molecule has 8 aromatic rings. The fourth-order valence-corrected chi connectivity index (χ4v) is 5.60. The molecule has 0 fully saturated rings. The highest BCUT2D eigenvalue weighted by atomic mass is 16.3. The van der Waals surface area contributed by atoms with Gasteiger partial charge in [0.05, 0.1) is 11.4 Å². The molecule has 41 heavy (non-hydrogen) atoms. The molecule has 192 valence electrons. The number of para-hydroxylation sites is 2. The smallest absolute Gasteiger partial charge is 0.160 e. The molecule has 0 unspecified atom stereocenters. The molecule has 2 aromatic heterocycles. The summed E-state index contributed by atoms with van der Waals surface area (Å²) in [6, 6.07) is 50.3. The molecule has 2 heterocycles. The van der Waals surface area contributed by atoms with Crippen LogP contribution < -0.4 is 0 Å². The van der Waals surface area contributed by atoms with E-state index < -0.39 is 0 Å². The van der Waals surface area contributed by atoms with Crippen LogP contribution in [0.3, 0.4) is 0 Å². The second-order valence-corrected chi connectivity index (χ2v) is 10.2. The summed E-state index contributed by atoms with van der Waals surface area (Å²) in [5.74, 6) is 0.685. The zero-order valence-electron chi connectivity index (χ0n) is 22.2. The molecular formula is C38H24N2O. The molecule has 6 aromatic carbocycles. The van der Waals surface area contributed by atoms with Gasteiger partial charge in [0.2, 0.25) is 0 Å². The Hall–Kier alpha value is -5.54. The number of aromatic nitrogens is 2. The van der Waals surface area contributed by atoms with Crippen LogP contribution in [-0.4, -0.2) is 9.97 Å². The molecule has 0 saturated heterocycles. The van der Waals surface area contributed by atoms with Crippen LogP contribution in [0.25, 0.3) is 77.7 Å². The Morgan fingerprint density at radius 1 is 0.415 bits per heavy atom. The third-order valence-corrected chi connectivity index (χ3v) is 7.70. The lowest BCUT2D eigenvalue weighted by molar-refractivity contribution is 0.670. The van der Waals surface area contributed by atoms with E-state index in [1.54, 1.807) is 0 Å². The van der Waals surface area contributed by atoms with Gasteiger partial charge in [-0.25, -0.2) is 9.97 Å². The summed E-state index contributed by atoms with van der Waals surface area (Å²) >= 11 is 0.